The number of hydrogen-bond acceptors (Lipinski definition) is 3. The van der Waals surface area contributed by atoms with Gasteiger partial charge in [0.15, 0.2) is 0 Å². The molecule has 1 heterocycles. The lowest BCUT2D eigenvalue weighted by Gasteiger charge is -2.05. The van der Waals surface area contributed by atoms with Crippen molar-refractivity contribution in [3.05, 3.63) is 18.2 Å². The Morgan fingerprint density at radius 2 is 2.19 bits per heavy atom. The summed E-state index contributed by atoms with van der Waals surface area (Å²) in [5, 5.41) is 3.36. The predicted molar refractivity (Wildman–Crippen MR) is 65.3 cm³/mol. The topological polar surface area (TPSA) is 39.1 Å². The Morgan fingerprint density at radius 3 is 2.88 bits per heavy atom. The maximum Gasteiger partial charge on any atom is 0.122 e. The van der Waals surface area contributed by atoms with Crippen LogP contribution in [0, 0.1) is 0 Å². The molecule has 1 aromatic rings. The third kappa shape index (κ3) is 5.28. The van der Waals surface area contributed by atoms with E-state index in [-0.39, 0.29) is 0 Å². The first-order valence-electron chi connectivity index (χ1n) is 6.09. The van der Waals surface area contributed by atoms with Gasteiger partial charge in [0, 0.05) is 32.7 Å². The maximum atomic E-state index is 5.47. The smallest absolute Gasteiger partial charge is 0.122 e. The fraction of sp³-hybridized carbons (Fsp3) is 0.750. The van der Waals surface area contributed by atoms with Gasteiger partial charge in [0.05, 0.1) is 6.54 Å². The maximum absolute atomic E-state index is 5.47. The molecule has 0 spiro atoms. The molecule has 1 rings (SSSR count). The average molecular weight is 225 g/mol. The van der Waals surface area contributed by atoms with Gasteiger partial charge < -0.3 is 14.6 Å². The molecule has 0 aromatic carbocycles. The van der Waals surface area contributed by atoms with Crippen LogP contribution in [0.5, 0.6) is 0 Å². The minimum Gasteiger partial charge on any atom is -0.381 e. The molecule has 92 valence electrons. The van der Waals surface area contributed by atoms with Gasteiger partial charge in [0.2, 0.25) is 0 Å². The second kappa shape index (κ2) is 8.30. The number of ether oxygens (including phenoxy) is 1. The first kappa shape index (κ1) is 13.2. The van der Waals surface area contributed by atoms with Gasteiger partial charge in [-0.15, -0.1) is 0 Å². The standard InChI is InChI=1S/C12H23N3O/c1-3-4-9-16-10-5-6-13-11-12-14-7-8-15(12)2/h7-8,13H,3-6,9-11H2,1-2H3. The van der Waals surface area contributed by atoms with Crippen LogP contribution >= 0.6 is 0 Å². The van der Waals surface area contributed by atoms with Crippen LogP contribution in [-0.2, 0) is 18.3 Å². The molecule has 0 atom stereocenters. The molecule has 0 aliphatic heterocycles. The summed E-state index contributed by atoms with van der Waals surface area (Å²) in [6.07, 6.45) is 7.22. The largest absolute Gasteiger partial charge is 0.381 e. The summed E-state index contributed by atoms with van der Waals surface area (Å²) in [5.41, 5.74) is 0. The molecule has 0 saturated carbocycles. The van der Waals surface area contributed by atoms with Crippen LogP contribution < -0.4 is 5.32 Å². The molecule has 4 nitrogen and oxygen atoms in total. The lowest BCUT2D eigenvalue weighted by Crippen LogP contribution is -2.18. The van der Waals surface area contributed by atoms with E-state index in [1.54, 1.807) is 0 Å². The summed E-state index contributed by atoms with van der Waals surface area (Å²) in [6, 6.07) is 0. The third-order valence-corrected chi connectivity index (χ3v) is 2.49. The molecule has 0 fully saturated rings. The second-order valence-corrected chi connectivity index (χ2v) is 3.95. The molecule has 1 aromatic heterocycles. The molecule has 16 heavy (non-hydrogen) atoms. The van der Waals surface area contributed by atoms with Gasteiger partial charge in [-0.2, -0.15) is 0 Å². The van der Waals surface area contributed by atoms with Gasteiger partial charge in [-0.1, -0.05) is 13.3 Å². The van der Waals surface area contributed by atoms with E-state index >= 15 is 0 Å². The Bertz CT molecular complexity index is 273. The minimum atomic E-state index is 0.832. The highest BCUT2D eigenvalue weighted by atomic mass is 16.5. The average Bonchev–Trinajstić information content (AvgIpc) is 2.68. The Morgan fingerprint density at radius 1 is 1.38 bits per heavy atom. The fourth-order valence-corrected chi connectivity index (χ4v) is 1.41. The highest BCUT2D eigenvalue weighted by molar-refractivity contribution is 4.90. The van der Waals surface area contributed by atoms with E-state index in [2.05, 4.69) is 17.2 Å². The molecule has 0 bridgehead atoms. The van der Waals surface area contributed by atoms with Crippen molar-refractivity contribution in [3.8, 4) is 0 Å². The Balaban J connectivity index is 1.91. The number of aromatic nitrogens is 2. The van der Waals surface area contributed by atoms with Gasteiger partial charge >= 0.3 is 0 Å². The zero-order chi connectivity index (χ0) is 11.6. The molecule has 0 saturated heterocycles. The van der Waals surface area contributed by atoms with Gasteiger partial charge in [0.1, 0.15) is 5.82 Å². The Hall–Kier alpha value is -0.870. The SMILES string of the molecule is CCCCOCCCNCc1nccn1C. The van der Waals surface area contributed by atoms with E-state index in [9.17, 15) is 0 Å². The van der Waals surface area contributed by atoms with Crippen molar-refractivity contribution in [1.82, 2.24) is 14.9 Å². The van der Waals surface area contributed by atoms with E-state index in [0.717, 1.165) is 38.5 Å². The number of rotatable bonds is 9. The quantitative estimate of drug-likeness (QED) is 0.650. The molecule has 1 N–H and O–H groups in total. The number of nitrogens with zero attached hydrogens (tertiary/aromatic N) is 2. The van der Waals surface area contributed by atoms with Crippen LogP contribution in [-0.4, -0.2) is 29.3 Å². The Labute approximate surface area is 98.0 Å². The van der Waals surface area contributed by atoms with Gasteiger partial charge in [-0.05, 0) is 19.4 Å². The monoisotopic (exact) mass is 225 g/mol. The number of aryl methyl sites for hydroxylation is 1. The Kier molecular flexibility index (Phi) is 6.85. The van der Waals surface area contributed by atoms with Crippen molar-refractivity contribution in [2.75, 3.05) is 19.8 Å². The predicted octanol–water partition coefficient (Wildman–Crippen LogP) is 1.72. The van der Waals surface area contributed by atoms with E-state index < -0.39 is 0 Å². The fourth-order valence-electron chi connectivity index (χ4n) is 1.41. The van der Waals surface area contributed by atoms with Gasteiger partial charge in [0.25, 0.3) is 0 Å². The van der Waals surface area contributed by atoms with Crippen molar-refractivity contribution in [3.63, 3.8) is 0 Å². The molecular weight excluding hydrogens is 202 g/mol. The van der Waals surface area contributed by atoms with Crippen LogP contribution in [0.2, 0.25) is 0 Å². The van der Waals surface area contributed by atoms with Crippen molar-refractivity contribution >= 4 is 0 Å². The molecule has 0 aliphatic carbocycles. The van der Waals surface area contributed by atoms with E-state index in [1.807, 2.05) is 24.0 Å². The summed E-state index contributed by atoms with van der Waals surface area (Å²) >= 11 is 0. The van der Waals surface area contributed by atoms with Crippen LogP contribution in [0.25, 0.3) is 0 Å². The van der Waals surface area contributed by atoms with Crippen molar-refractivity contribution in [1.29, 1.82) is 0 Å². The number of imidazole rings is 1. The third-order valence-electron chi connectivity index (χ3n) is 2.49. The molecule has 0 aliphatic rings. The number of hydrogen-bond donors (Lipinski definition) is 1. The van der Waals surface area contributed by atoms with Crippen LogP contribution in [0.1, 0.15) is 32.0 Å². The van der Waals surface area contributed by atoms with Crippen LogP contribution in [0.4, 0.5) is 0 Å². The lowest BCUT2D eigenvalue weighted by molar-refractivity contribution is 0.128. The normalized spacial score (nSPS) is 10.9. The first-order valence-corrected chi connectivity index (χ1v) is 6.09. The summed E-state index contributed by atoms with van der Waals surface area (Å²) in [5.74, 6) is 1.08. The van der Waals surface area contributed by atoms with Gasteiger partial charge in [-0.3, -0.25) is 0 Å². The highest BCUT2D eigenvalue weighted by Crippen LogP contribution is 1.93. The second-order valence-electron chi connectivity index (χ2n) is 3.95. The van der Waals surface area contributed by atoms with Crippen LogP contribution in [0.3, 0.4) is 0 Å². The molecule has 0 unspecified atom stereocenters. The summed E-state index contributed by atoms with van der Waals surface area (Å²) < 4.78 is 7.51. The lowest BCUT2D eigenvalue weighted by atomic mass is 10.3. The van der Waals surface area contributed by atoms with E-state index in [1.165, 1.54) is 12.8 Å². The molecular formula is C12H23N3O. The molecule has 4 heteroatoms. The summed E-state index contributed by atoms with van der Waals surface area (Å²) in [4.78, 5) is 4.24. The number of nitrogens with one attached hydrogen (secondary N) is 1. The first-order chi connectivity index (χ1) is 7.84. The van der Waals surface area contributed by atoms with Crippen molar-refractivity contribution in [2.45, 2.75) is 32.7 Å². The number of unbranched alkanes of at least 4 members (excludes halogenated alkanes) is 1. The van der Waals surface area contributed by atoms with E-state index in [4.69, 9.17) is 4.74 Å². The summed E-state index contributed by atoms with van der Waals surface area (Å²) in [6.45, 7) is 5.75. The summed E-state index contributed by atoms with van der Waals surface area (Å²) in [7, 11) is 2.01. The zero-order valence-electron chi connectivity index (χ0n) is 10.4. The minimum absolute atomic E-state index is 0.832. The molecule has 0 radical (unpaired) electrons. The van der Waals surface area contributed by atoms with E-state index in [0.29, 0.717) is 0 Å². The highest BCUT2D eigenvalue weighted by Gasteiger charge is 1.97. The van der Waals surface area contributed by atoms with Crippen LogP contribution in [0.15, 0.2) is 12.4 Å². The zero-order valence-corrected chi connectivity index (χ0v) is 10.4. The molecule has 0 amide bonds. The van der Waals surface area contributed by atoms with Gasteiger partial charge in [-0.25, -0.2) is 4.98 Å². The van der Waals surface area contributed by atoms with Crippen molar-refractivity contribution < 1.29 is 4.74 Å². The van der Waals surface area contributed by atoms with Crippen molar-refractivity contribution in [2.24, 2.45) is 7.05 Å².